The van der Waals surface area contributed by atoms with Gasteiger partial charge in [-0.25, -0.2) is 9.59 Å². The molecule has 96 heavy (non-hydrogen) atoms. The predicted octanol–water partition coefficient (Wildman–Crippen LogP) is 13.6. The van der Waals surface area contributed by atoms with Gasteiger partial charge in [-0.1, -0.05) is 152 Å². The largest absolute Gasteiger partial charge is 0.507 e. The van der Waals surface area contributed by atoms with E-state index in [4.69, 9.17) is 19.7 Å². The molecule has 12 aromatic rings. The molecule has 21 heteroatoms. The Morgan fingerprint density at radius 3 is 1.55 bits per heavy atom. The summed E-state index contributed by atoms with van der Waals surface area (Å²) in [5.74, 6) is -3.20. The Morgan fingerprint density at radius 2 is 1.01 bits per heavy atom. The molecule has 486 valence electrons. The van der Waals surface area contributed by atoms with Gasteiger partial charge in [0.25, 0.3) is 5.91 Å². The highest BCUT2D eigenvalue weighted by atomic mass is 16.5. The highest BCUT2D eigenvalue weighted by molar-refractivity contribution is 6.13. The number of phenols is 5. The third-order valence-corrected chi connectivity index (χ3v) is 15.7. The van der Waals surface area contributed by atoms with Crippen LogP contribution >= 0.6 is 0 Å². The Morgan fingerprint density at radius 1 is 0.500 bits per heavy atom. The van der Waals surface area contributed by atoms with Crippen LogP contribution in [0.1, 0.15) is 92.7 Å². The van der Waals surface area contributed by atoms with E-state index in [1.54, 1.807) is 74.5 Å². The predicted molar refractivity (Wildman–Crippen MR) is 367 cm³/mol. The first-order chi connectivity index (χ1) is 45.4. The number of anilines is 1. The molecule has 0 aliphatic rings. The third-order valence-electron chi connectivity index (χ3n) is 15.7. The van der Waals surface area contributed by atoms with Crippen molar-refractivity contribution in [2.24, 2.45) is 0 Å². The van der Waals surface area contributed by atoms with Crippen LogP contribution in [0.25, 0.3) is 50.2 Å². The van der Waals surface area contributed by atoms with Gasteiger partial charge in [0.2, 0.25) is 5.78 Å². The fourth-order valence-corrected chi connectivity index (χ4v) is 10.2. The van der Waals surface area contributed by atoms with Crippen LogP contribution in [0.15, 0.2) is 225 Å². The maximum absolute atomic E-state index is 13.0. The van der Waals surface area contributed by atoms with Gasteiger partial charge in [-0.05, 0) is 115 Å². The van der Waals surface area contributed by atoms with Crippen molar-refractivity contribution < 1.29 is 54.2 Å². The number of carbonyl (C=O) groups excluding carboxylic acids is 4. The molecule has 3 heterocycles. The van der Waals surface area contributed by atoms with Crippen LogP contribution < -0.4 is 10.1 Å². The molecule has 21 nitrogen and oxygen atoms in total. The number of fused-ring (bicyclic) bond motifs is 3. The second kappa shape index (κ2) is 28.6. The van der Waals surface area contributed by atoms with E-state index in [0.29, 0.717) is 56.7 Å². The van der Waals surface area contributed by atoms with E-state index in [1.807, 2.05) is 66.7 Å². The first-order valence-corrected chi connectivity index (χ1v) is 29.8. The van der Waals surface area contributed by atoms with Gasteiger partial charge < -0.3 is 40.3 Å². The van der Waals surface area contributed by atoms with E-state index < -0.39 is 34.6 Å². The fraction of sp³-hybridized carbons (Fsp3) is 0.147. The molecule has 3 aromatic heterocycles. The molecule has 0 radical (unpaired) electrons. The molecule has 0 fully saturated rings. The van der Waals surface area contributed by atoms with Crippen molar-refractivity contribution in [1.29, 1.82) is 0 Å². The smallest absolute Gasteiger partial charge is 0.335 e. The number of rotatable bonds is 17. The number of hydrogen-bond acceptors (Lipinski definition) is 17. The number of hydrogen-bond donors (Lipinski definition) is 6. The highest BCUT2D eigenvalue weighted by Crippen LogP contribution is 2.44. The topological polar surface area (TPSA) is 292 Å². The van der Waals surface area contributed by atoms with Gasteiger partial charge in [-0.15, -0.1) is 45.0 Å². The van der Waals surface area contributed by atoms with E-state index in [0.717, 1.165) is 61.9 Å². The number of aromatic nitrogens is 9. The van der Waals surface area contributed by atoms with E-state index in [2.05, 4.69) is 103 Å². The summed E-state index contributed by atoms with van der Waals surface area (Å²) >= 11 is 0. The van der Waals surface area contributed by atoms with Gasteiger partial charge in [0.1, 0.15) is 84.7 Å². The first-order valence-electron chi connectivity index (χ1n) is 29.8. The van der Waals surface area contributed by atoms with E-state index in [9.17, 15) is 44.7 Å². The number of nitrogens with zero attached hydrogens (tertiary/aromatic N) is 9. The zero-order valence-electron chi connectivity index (χ0n) is 52.7. The first kappa shape index (κ1) is 67.9. The number of amides is 1. The van der Waals surface area contributed by atoms with Crippen LogP contribution in [0.2, 0.25) is 0 Å². The monoisotopic (exact) mass is 1290 g/mol. The molecule has 0 aliphatic heterocycles. The number of aromatic hydroxyl groups is 5. The van der Waals surface area contributed by atoms with Gasteiger partial charge in [-0.2, -0.15) is 0 Å². The summed E-state index contributed by atoms with van der Waals surface area (Å²) in [4.78, 5) is 51.8. The van der Waals surface area contributed by atoms with Gasteiger partial charge in [0.05, 0.1) is 17.7 Å². The Balaban J connectivity index is 0.000000174. The maximum Gasteiger partial charge on any atom is 0.335 e. The average molecular weight is 1290 g/mol. The maximum atomic E-state index is 13.0. The zero-order chi connectivity index (χ0) is 67.9. The van der Waals surface area contributed by atoms with Crippen LogP contribution in [-0.2, 0) is 36.4 Å². The number of phenolic OH excluding ortho intramolecular Hbond substituents is 5. The van der Waals surface area contributed by atoms with Crippen LogP contribution in [0.4, 0.5) is 5.69 Å². The van der Waals surface area contributed by atoms with Gasteiger partial charge in [0, 0.05) is 57.9 Å². The van der Waals surface area contributed by atoms with Crippen molar-refractivity contribution in [3.05, 3.63) is 264 Å². The Kier molecular flexibility index (Phi) is 20.2. The summed E-state index contributed by atoms with van der Waals surface area (Å²) in [5, 5.41) is 82.1. The minimum atomic E-state index is -0.727. The van der Waals surface area contributed by atoms with Crippen molar-refractivity contribution in [3.63, 3.8) is 0 Å². The van der Waals surface area contributed by atoms with Crippen LogP contribution in [0, 0.1) is 0 Å². The van der Waals surface area contributed by atoms with Crippen molar-refractivity contribution in [2.45, 2.75) is 66.2 Å². The quantitative estimate of drug-likeness (QED) is 0.0214. The summed E-state index contributed by atoms with van der Waals surface area (Å²) in [6.07, 6.45) is 1.48. The number of nitrogens with one attached hydrogen (secondary N) is 1. The lowest BCUT2D eigenvalue weighted by Crippen LogP contribution is -2.24. The molecule has 0 spiro atoms. The molecular formula is C75H70N10O11. The van der Waals surface area contributed by atoms with E-state index >= 15 is 0 Å². The summed E-state index contributed by atoms with van der Waals surface area (Å²) < 4.78 is 9.99. The molecule has 0 bridgehead atoms. The molecule has 9 aromatic carbocycles. The molecular weight excluding hydrogens is 1220 g/mol. The lowest BCUT2D eigenvalue weighted by atomic mass is 9.72. The summed E-state index contributed by atoms with van der Waals surface area (Å²) in [5.41, 5.74) is 10.0. The van der Waals surface area contributed by atoms with Gasteiger partial charge >= 0.3 is 11.9 Å². The number of ether oxygens (including phenoxy) is 2. The van der Waals surface area contributed by atoms with Crippen molar-refractivity contribution >= 4 is 62.4 Å². The zero-order valence-corrected chi connectivity index (χ0v) is 52.7. The minimum absolute atomic E-state index is 0. The van der Waals surface area contributed by atoms with Crippen LogP contribution in [-0.4, -0.2) is 101 Å². The fourth-order valence-electron chi connectivity index (χ4n) is 10.2. The Labute approximate surface area is 552 Å². The lowest BCUT2D eigenvalue weighted by molar-refractivity contribution is -0.138. The Bertz CT molecular complexity index is 4890. The lowest BCUT2D eigenvalue weighted by Gasteiger charge is -2.32. The molecule has 0 saturated carbocycles. The second-order valence-electron chi connectivity index (χ2n) is 23.2. The SMILES string of the molecule is C.C=C(C)C(=O)Nc1ccc2nn(-c3cc(C(C)(C)c4ccccc4)cc(C(C)(C)c4ccccc4)c3O)nc2c1.C=C(C)C(=O)OCCc1ccc(O)c(-n2nc3ccccc3n2)c1.C=CC(=O)Oc1ccc(C(=O)c2cc(-n3nc4ccccc4n3)c(O)cc2O)c(O)c1. The molecule has 0 aliphatic carbocycles. The van der Waals surface area contributed by atoms with Gasteiger partial charge in [-0.3, -0.25) is 9.59 Å². The highest BCUT2D eigenvalue weighted by Gasteiger charge is 2.33. The average Bonchev–Trinajstić information content (AvgIpc) is 1.30. The van der Waals surface area contributed by atoms with Crippen molar-refractivity contribution in [3.8, 4) is 51.6 Å². The number of carbonyl (C=O) groups is 4. The second-order valence-corrected chi connectivity index (χ2v) is 23.2. The standard InChI is InChI=1S/C34H34N4O2.C22H15N3O6.C18H17N3O3.CH4/c1-22(2)32(40)35-26-17-18-28-29(21-26)37-38(36-28)30-20-25(33(3,4)23-13-9-7-10-14-23)19-27(31(30)39)34(5,6)24-15-11-8-12-16-24;1-2-21(29)31-12-7-8-13(18(26)9-12)22(30)14-10-17(20(28)11-19(14)27)25-23-15-5-3-4-6-16(15)24-25;1-12(2)18(23)24-10-9-13-7-8-17(22)16(11-13)21-19-14-5-3-4-6-15(14)20-21;/h7-21,39H,1H2,2-6H3,(H,35,40);2-11,26-28H,1H2;3-8,11,22H,1,9-10H2,2H3;1H4. The van der Waals surface area contributed by atoms with Crippen LogP contribution in [0.3, 0.4) is 0 Å². The van der Waals surface area contributed by atoms with Crippen molar-refractivity contribution in [2.75, 3.05) is 11.9 Å². The van der Waals surface area contributed by atoms with E-state index in [1.165, 1.54) is 27.8 Å². The molecule has 0 unspecified atom stereocenters. The van der Waals surface area contributed by atoms with Crippen LogP contribution in [0.5, 0.6) is 34.5 Å². The number of ketones is 1. The van der Waals surface area contributed by atoms with Crippen molar-refractivity contribution in [1.82, 2.24) is 45.0 Å². The van der Waals surface area contributed by atoms with E-state index in [-0.39, 0.29) is 65.2 Å². The third kappa shape index (κ3) is 14.9. The minimum Gasteiger partial charge on any atom is -0.507 e. The summed E-state index contributed by atoms with van der Waals surface area (Å²) in [6.45, 7) is 22.6. The summed E-state index contributed by atoms with van der Waals surface area (Å²) in [7, 11) is 0. The van der Waals surface area contributed by atoms with Gasteiger partial charge in [0.15, 0.2) is 0 Å². The molecule has 0 saturated heterocycles. The molecule has 1 amide bonds. The molecule has 0 atom stereocenters. The number of esters is 2. The normalized spacial score (nSPS) is 11.1. The molecule has 6 N–H and O–H groups in total. The Hall–Kier alpha value is -12.5. The number of benzene rings is 9. The molecule has 12 rings (SSSR count). The summed E-state index contributed by atoms with van der Waals surface area (Å²) in [6, 6.07) is 55.5.